The van der Waals surface area contributed by atoms with E-state index in [2.05, 4.69) is 15.0 Å². The molecule has 8 heteroatoms. The van der Waals surface area contributed by atoms with Gasteiger partial charge in [0.15, 0.2) is 16.5 Å². The van der Waals surface area contributed by atoms with Crippen LogP contribution in [0.25, 0.3) is 22.3 Å². The number of phenolic OH excluding ortho intramolecular Hbond substituents is 2. The van der Waals surface area contributed by atoms with Gasteiger partial charge in [0.1, 0.15) is 5.69 Å². The molecule has 0 unspecified atom stereocenters. The average Bonchev–Trinajstić information content (AvgIpc) is 2.69. The molecular formula is C19H13N3O4S. The van der Waals surface area contributed by atoms with Crippen molar-refractivity contribution in [3.63, 3.8) is 0 Å². The highest BCUT2D eigenvalue weighted by Crippen LogP contribution is 2.30. The van der Waals surface area contributed by atoms with Crippen molar-refractivity contribution in [2.75, 3.05) is 0 Å². The molecule has 0 aliphatic carbocycles. The number of fused-ring (bicyclic) bond motifs is 1. The number of nitrogens with zero attached hydrogens (tertiary/aromatic N) is 3. The molecule has 0 fully saturated rings. The van der Waals surface area contributed by atoms with Gasteiger partial charge in [0.2, 0.25) is 9.84 Å². The number of para-hydroxylation sites is 1. The number of aromatic hydroxyl groups is 2. The number of pyridine rings is 1. The smallest absolute Gasteiger partial charge is 0.225 e. The summed E-state index contributed by atoms with van der Waals surface area (Å²) in [6.07, 6.45) is 2.56. The Hall–Kier alpha value is -3.52. The number of sulfone groups is 1. The van der Waals surface area contributed by atoms with Gasteiger partial charge in [0, 0.05) is 11.5 Å². The molecule has 0 atom stereocenters. The maximum absolute atomic E-state index is 12.8. The van der Waals surface area contributed by atoms with Crippen LogP contribution in [0.4, 0.5) is 0 Å². The van der Waals surface area contributed by atoms with Crippen molar-refractivity contribution in [3.05, 3.63) is 67.0 Å². The lowest BCUT2D eigenvalue weighted by Gasteiger charge is -2.07. The molecule has 0 amide bonds. The summed E-state index contributed by atoms with van der Waals surface area (Å²) in [5, 5.41) is 19.6. The predicted molar refractivity (Wildman–Crippen MR) is 98.0 cm³/mol. The van der Waals surface area contributed by atoms with Crippen LogP contribution in [0.15, 0.2) is 76.9 Å². The van der Waals surface area contributed by atoms with Crippen molar-refractivity contribution in [1.29, 1.82) is 0 Å². The molecule has 0 saturated carbocycles. The van der Waals surface area contributed by atoms with E-state index in [1.807, 2.05) is 30.3 Å². The van der Waals surface area contributed by atoms with E-state index >= 15 is 0 Å². The lowest BCUT2D eigenvalue weighted by molar-refractivity contribution is 0.402. The number of hydrogen-bond acceptors (Lipinski definition) is 7. The Morgan fingerprint density at radius 1 is 0.778 bits per heavy atom. The minimum atomic E-state index is -4.02. The van der Waals surface area contributed by atoms with Crippen LogP contribution in [0, 0.1) is 0 Å². The number of rotatable bonds is 3. The first-order valence-corrected chi connectivity index (χ1v) is 9.39. The fourth-order valence-corrected chi connectivity index (χ4v) is 3.77. The zero-order chi connectivity index (χ0) is 19.0. The summed E-state index contributed by atoms with van der Waals surface area (Å²) in [6.45, 7) is 0. The van der Waals surface area contributed by atoms with Gasteiger partial charge < -0.3 is 10.2 Å². The molecule has 4 rings (SSSR count). The molecule has 4 aromatic rings. The van der Waals surface area contributed by atoms with E-state index in [0.717, 1.165) is 29.2 Å². The minimum absolute atomic E-state index is 0.198. The van der Waals surface area contributed by atoms with Crippen LogP contribution < -0.4 is 0 Å². The third kappa shape index (κ3) is 3.06. The van der Waals surface area contributed by atoms with Gasteiger partial charge in [-0.1, -0.05) is 24.3 Å². The zero-order valence-corrected chi connectivity index (χ0v) is 14.6. The van der Waals surface area contributed by atoms with Crippen molar-refractivity contribution in [1.82, 2.24) is 15.0 Å². The van der Waals surface area contributed by atoms with Crippen LogP contribution in [0.5, 0.6) is 11.5 Å². The number of aromatic nitrogens is 3. The maximum Gasteiger partial charge on any atom is 0.225 e. The summed E-state index contributed by atoms with van der Waals surface area (Å²) in [4.78, 5) is 12.5. The Balaban J connectivity index is 1.80. The standard InChI is InChI=1S/C19H13N3O4S/c23-17-8-6-13(9-18(17)24)27(25,26)19-11-20-10-16(22-19)15-7-5-12-3-1-2-4-14(12)21-15/h1-11,23-24H. The van der Waals surface area contributed by atoms with E-state index in [9.17, 15) is 18.6 Å². The lowest BCUT2D eigenvalue weighted by atomic mass is 10.2. The molecule has 2 heterocycles. The molecule has 0 saturated heterocycles. The molecule has 2 aromatic carbocycles. The molecule has 0 bridgehead atoms. The van der Waals surface area contributed by atoms with Gasteiger partial charge in [0.05, 0.1) is 28.5 Å². The topological polar surface area (TPSA) is 113 Å². The third-order valence-corrected chi connectivity index (χ3v) is 5.63. The van der Waals surface area contributed by atoms with E-state index < -0.39 is 21.3 Å². The third-order valence-electron chi connectivity index (χ3n) is 4.01. The van der Waals surface area contributed by atoms with Crippen LogP contribution in [0.2, 0.25) is 0 Å². The first kappa shape index (κ1) is 16.9. The van der Waals surface area contributed by atoms with E-state index in [0.29, 0.717) is 11.4 Å². The number of hydrogen-bond donors (Lipinski definition) is 2. The molecule has 7 nitrogen and oxygen atoms in total. The van der Waals surface area contributed by atoms with Crippen LogP contribution >= 0.6 is 0 Å². The quantitative estimate of drug-likeness (QED) is 0.526. The van der Waals surface area contributed by atoms with Crippen molar-refractivity contribution in [2.45, 2.75) is 9.92 Å². The van der Waals surface area contributed by atoms with Crippen LogP contribution in [0.1, 0.15) is 0 Å². The Morgan fingerprint density at radius 2 is 1.59 bits per heavy atom. The second-order valence-corrected chi connectivity index (χ2v) is 7.68. The van der Waals surface area contributed by atoms with Gasteiger partial charge >= 0.3 is 0 Å². The summed E-state index contributed by atoms with van der Waals surface area (Å²) >= 11 is 0. The normalized spacial score (nSPS) is 11.6. The van der Waals surface area contributed by atoms with Crippen LogP contribution in [-0.4, -0.2) is 33.6 Å². The van der Waals surface area contributed by atoms with Crippen LogP contribution in [0.3, 0.4) is 0 Å². The second kappa shape index (κ2) is 6.33. The summed E-state index contributed by atoms with van der Waals surface area (Å²) in [7, 11) is -4.02. The van der Waals surface area contributed by atoms with E-state index in [-0.39, 0.29) is 9.92 Å². The lowest BCUT2D eigenvalue weighted by Crippen LogP contribution is -2.06. The minimum Gasteiger partial charge on any atom is -0.504 e. The van der Waals surface area contributed by atoms with E-state index in [1.165, 1.54) is 12.3 Å². The monoisotopic (exact) mass is 379 g/mol. The second-order valence-electron chi connectivity index (χ2n) is 5.79. The predicted octanol–water partition coefficient (Wildman–Crippen LogP) is 2.94. The summed E-state index contributed by atoms with van der Waals surface area (Å²) in [5.74, 6) is -0.939. The van der Waals surface area contributed by atoms with Gasteiger partial charge in [-0.3, -0.25) is 4.98 Å². The molecule has 0 radical (unpaired) electrons. The maximum atomic E-state index is 12.8. The first-order valence-electron chi connectivity index (χ1n) is 7.90. The Labute approximate surface area is 154 Å². The van der Waals surface area contributed by atoms with E-state index in [1.54, 1.807) is 6.07 Å². The summed E-state index contributed by atoms with van der Waals surface area (Å²) in [6, 6.07) is 14.4. The van der Waals surface area contributed by atoms with E-state index in [4.69, 9.17) is 0 Å². The highest BCUT2D eigenvalue weighted by atomic mass is 32.2. The molecule has 0 aliphatic rings. The molecule has 134 valence electrons. The molecule has 0 aliphatic heterocycles. The average molecular weight is 379 g/mol. The highest BCUT2D eigenvalue weighted by molar-refractivity contribution is 7.91. The van der Waals surface area contributed by atoms with Crippen molar-refractivity contribution < 1.29 is 18.6 Å². The van der Waals surface area contributed by atoms with Gasteiger partial charge in [-0.2, -0.15) is 0 Å². The SMILES string of the molecule is O=S(=O)(c1ccc(O)c(O)c1)c1cncc(-c2ccc3ccccc3n2)n1. The van der Waals surface area contributed by atoms with Gasteiger partial charge in [-0.25, -0.2) is 18.4 Å². The van der Waals surface area contributed by atoms with Gasteiger partial charge in [0.25, 0.3) is 0 Å². The van der Waals surface area contributed by atoms with Gasteiger partial charge in [-0.15, -0.1) is 0 Å². The Kier molecular flexibility index (Phi) is 3.97. The molecular weight excluding hydrogens is 366 g/mol. The van der Waals surface area contributed by atoms with Crippen molar-refractivity contribution in [2.24, 2.45) is 0 Å². The summed E-state index contributed by atoms with van der Waals surface area (Å²) in [5.41, 5.74) is 1.56. The van der Waals surface area contributed by atoms with Gasteiger partial charge in [-0.05, 0) is 24.3 Å². The fourth-order valence-electron chi connectivity index (χ4n) is 2.60. The Bertz CT molecular complexity index is 1270. The first-order chi connectivity index (χ1) is 12.9. The molecule has 27 heavy (non-hydrogen) atoms. The highest BCUT2D eigenvalue weighted by Gasteiger charge is 2.22. The van der Waals surface area contributed by atoms with Crippen LogP contribution in [-0.2, 0) is 9.84 Å². The molecule has 2 aromatic heterocycles. The van der Waals surface area contributed by atoms with Crippen molar-refractivity contribution in [3.8, 4) is 22.9 Å². The molecule has 0 spiro atoms. The largest absolute Gasteiger partial charge is 0.504 e. The zero-order valence-electron chi connectivity index (χ0n) is 13.8. The fraction of sp³-hybridized carbons (Fsp3) is 0. The molecule has 2 N–H and O–H groups in total. The number of phenols is 2. The van der Waals surface area contributed by atoms with Crippen molar-refractivity contribution >= 4 is 20.7 Å². The summed E-state index contributed by atoms with van der Waals surface area (Å²) < 4.78 is 25.6. The Morgan fingerprint density at radius 3 is 2.41 bits per heavy atom. The number of benzene rings is 2.